The molecule has 6 heteroatoms. The molecule has 0 radical (unpaired) electrons. The second-order valence-electron chi connectivity index (χ2n) is 3.20. The molecule has 2 N–H and O–H groups in total. The van der Waals surface area contributed by atoms with Gasteiger partial charge in [-0.3, -0.25) is 10.1 Å². The van der Waals surface area contributed by atoms with Gasteiger partial charge in [-0.25, -0.2) is 4.98 Å². The Labute approximate surface area is 107 Å². The number of hydrogen-bond donors (Lipinski definition) is 2. The number of aromatic nitrogens is 1. The maximum atomic E-state index is 11.3. The van der Waals surface area contributed by atoms with Gasteiger partial charge in [-0.2, -0.15) is 0 Å². The molecule has 0 aliphatic carbocycles. The molecule has 1 aromatic rings. The average Bonchev–Trinajstić information content (AvgIpc) is 2.69. The van der Waals surface area contributed by atoms with E-state index in [1.54, 1.807) is 23.6 Å². The summed E-state index contributed by atoms with van der Waals surface area (Å²) in [5.74, 6) is -0.0395. The summed E-state index contributed by atoms with van der Waals surface area (Å²) in [6.07, 6.45) is 3.41. The van der Waals surface area contributed by atoms with Crippen LogP contribution in [0.15, 0.2) is 22.6 Å². The molecule has 88 valence electrons. The topological polar surface area (TPSA) is 54.0 Å². The van der Waals surface area contributed by atoms with Gasteiger partial charge in [0.15, 0.2) is 0 Å². The molecule has 0 aliphatic heterocycles. The number of nitrogens with one attached hydrogen (secondary N) is 2. The van der Waals surface area contributed by atoms with Crippen LogP contribution in [0.5, 0.6) is 0 Å². The van der Waals surface area contributed by atoms with Crippen LogP contribution in [0.1, 0.15) is 18.0 Å². The van der Waals surface area contributed by atoms with Crippen molar-refractivity contribution in [1.29, 1.82) is 0 Å². The lowest BCUT2D eigenvalue weighted by molar-refractivity contribution is -0.120. The molecule has 0 bridgehead atoms. The van der Waals surface area contributed by atoms with E-state index in [1.807, 2.05) is 6.92 Å². The summed E-state index contributed by atoms with van der Waals surface area (Å²) in [7, 11) is 0. The number of nitrogens with zero attached hydrogens (tertiary/aromatic N) is 1. The van der Waals surface area contributed by atoms with Gasteiger partial charge >= 0.3 is 0 Å². The molecule has 0 saturated heterocycles. The van der Waals surface area contributed by atoms with Crippen LogP contribution in [-0.4, -0.2) is 24.0 Å². The summed E-state index contributed by atoms with van der Waals surface area (Å²) < 4.78 is 0.993. The standard InChI is InChI=1S/C10H14BrN3OS/c1-3-4-12-9(15)6-13-7(2)10-14-5-8(11)16-10/h3,5,7,13H,1,4,6H2,2H3,(H,12,15). The van der Waals surface area contributed by atoms with Crippen molar-refractivity contribution in [2.75, 3.05) is 13.1 Å². The highest BCUT2D eigenvalue weighted by atomic mass is 79.9. The average molecular weight is 304 g/mol. The Hall–Kier alpha value is -0.720. The van der Waals surface area contributed by atoms with Gasteiger partial charge in [0.1, 0.15) is 5.01 Å². The molecule has 1 unspecified atom stereocenters. The second kappa shape index (κ2) is 6.78. The third-order valence-corrected chi connectivity index (χ3v) is 3.54. The summed E-state index contributed by atoms with van der Waals surface area (Å²) in [4.78, 5) is 15.5. The van der Waals surface area contributed by atoms with E-state index in [2.05, 4.69) is 38.1 Å². The third-order valence-electron chi connectivity index (χ3n) is 1.88. The quantitative estimate of drug-likeness (QED) is 0.789. The van der Waals surface area contributed by atoms with Crippen molar-refractivity contribution in [3.63, 3.8) is 0 Å². The first kappa shape index (κ1) is 13.3. The van der Waals surface area contributed by atoms with Crippen molar-refractivity contribution in [2.45, 2.75) is 13.0 Å². The molecule has 0 aliphatic rings. The summed E-state index contributed by atoms with van der Waals surface area (Å²) in [6.45, 7) is 6.29. The highest BCUT2D eigenvalue weighted by Crippen LogP contribution is 2.23. The first-order valence-electron chi connectivity index (χ1n) is 4.85. The van der Waals surface area contributed by atoms with Gasteiger partial charge in [-0.1, -0.05) is 6.08 Å². The molecule has 4 nitrogen and oxygen atoms in total. The number of carbonyl (C=O) groups is 1. The molecule has 1 amide bonds. The Bertz CT molecular complexity index is 367. The molecule has 1 aromatic heterocycles. The second-order valence-corrected chi connectivity index (χ2v) is 5.64. The first-order chi connectivity index (χ1) is 7.63. The third kappa shape index (κ3) is 4.42. The van der Waals surface area contributed by atoms with Crippen molar-refractivity contribution < 1.29 is 4.79 Å². The van der Waals surface area contributed by atoms with Crippen molar-refractivity contribution in [3.05, 3.63) is 27.6 Å². The monoisotopic (exact) mass is 303 g/mol. The fourth-order valence-electron chi connectivity index (χ4n) is 1.05. The molecule has 0 aromatic carbocycles. The Kier molecular flexibility index (Phi) is 5.65. The number of rotatable bonds is 6. The van der Waals surface area contributed by atoms with Crippen LogP contribution < -0.4 is 10.6 Å². The molecule has 1 rings (SSSR count). The predicted molar refractivity (Wildman–Crippen MR) is 69.4 cm³/mol. The maximum Gasteiger partial charge on any atom is 0.234 e. The molecule has 0 fully saturated rings. The number of carbonyl (C=O) groups excluding carboxylic acids is 1. The maximum absolute atomic E-state index is 11.3. The summed E-state index contributed by atoms with van der Waals surface area (Å²) in [5, 5.41) is 6.76. The van der Waals surface area contributed by atoms with E-state index >= 15 is 0 Å². The number of thiazole rings is 1. The van der Waals surface area contributed by atoms with E-state index < -0.39 is 0 Å². The zero-order valence-corrected chi connectivity index (χ0v) is 11.4. The van der Waals surface area contributed by atoms with Gasteiger partial charge in [-0.15, -0.1) is 17.9 Å². The number of halogens is 1. The fourth-order valence-corrected chi connectivity index (χ4v) is 2.32. The minimum atomic E-state index is -0.0395. The van der Waals surface area contributed by atoms with Crippen LogP contribution in [0.4, 0.5) is 0 Å². The minimum Gasteiger partial charge on any atom is -0.352 e. The molecular weight excluding hydrogens is 290 g/mol. The molecule has 0 spiro atoms. The fraction of sp³-hybridized carbons (Fsp3) is 0.400. The Balaban J connectivity index is 2.32. The zero-order chi connectivity index (χ0) is 12.0. The van der Waals surface area contributed by atoms with Gasteiger partial charge in [0.25, 0.3) is 0 Å². The van der Waals surface area contributed by atoms with Crippen LogP contribution in [-0.2, 0) is 4.79 Å². The molecule has 1 atom stereocenters. The lowest BCUT2D eigenvalue weighted by atomic mass is 10.3. The van der Waals surface area contributed by atoms with Gasteiger partial charge in [0, 0.05) is 6.54 Å². The van der Waals surface area contributed by atoms with E-state index in [-0.39, 0.29) is 18.5 Å². The van der Waals surface area contributed by atoms with Gasteiger partial charge in [0.05, 0.1) is 22.6 Å². The normalized spacial score (nSPS) is 12.1. The van der Waals surface area contributed by atoms with Crippen molar-refractivity contribution >= 4 is 33.2 Å². The lowest BCUT2D eigenvalue weighted by Crippen LogP contribution is -2.35. The highest BCUT2D eigenvalue weighted by Gasteiger charge is 2.10. The van der Waals surface area contributed by atoms with Crippen LogP contribution in [0.2, 0.25) is 0 Å². The van der Waals surface area contributed by atoms with E-state index in [9.17, 15) is 4.79 Å². The SMILES string of the molecule is C=CCNC(=O)CNC(C)c1ncc(Br)s1. The van der Waals surface area contributed by atoms with Gasteiger partial charge < -0.3 is 5.32 Å². The van der Waals surface area contributed by atoms with Crippen molar-refractivity contribution in [3.8, 4) is 0 Å². The lowest BCUT2D eigenvalue weighted by Gasteiger charge is -2.10. The highest BCUT2D eigenvalue weighted by molar-refractivity contribution is 9.11. The number of hydrogen-bond acceptors (Lipinski definition) is 4. The van der Waals surface area contributed by atoms with Crippen LogP contribution in [0.3, 0.4) is 0 Å². The van der Waals surface area contributed by atoms with Crippen LogP contribution in [0.25, 0.3) is 0 Å². The van der Waals surface area contributed by atoms with Gasteiger partial charge in [0.2, 0.25) is 5.91 Å². The van der Waals surface area contributed by atoms with Crippen LogP contribution in [0, 0.1) is 0 Å². The number of amides is 1. The van der Waals surface area contributed by atoms with Crippen LogP contribution >= 0.6 is 27.3 Å². The molecular formula is C10H14BrN3OS. The molecule has 1 heterocycles. The van der Waals surface area contributed by atoms with Crippen molar-refractivity contribution in [2.24, 2.45) is 0 Å². The first-order valence-corrected chi connectivity index (χ1v) is 6.46. The van der Waals surface area contributed by atoms with E-state index in [0.29, 0.717) is 6.54 Å². The van der Waals surface area contributed by atoms with Crippen molar-refractivity contribution in [1.82, 2.24) is 15.6 Å². The van der Waals surface area contributed by atoms with E-state index in [0.717, 1.165) is 8.79 Å². The zero-order valence-electron chi connectivity index (χ0n) is 9.00. The Morgan fingerprint density at radius 3 is 3.12 bits per heavy atom. The minimum absolute atomic E-state index is 0.0395. The van der Waals surface area contributed by atoms with E-state index in [4.69, 9.17) is 0 Å². The predicted octanol–water partition coefficient (Wildman–Crippen LogP) is 1.86. The Morgan fingerprint density at radius 1 is 1.81 bits per heavy atom. The summed E-state index contributed by atoms with van der Waals surface area (Å²) in [5.41, 5.74) is 0. The Morgan fingerprint density at radius 2 is 2.56 bits per heavy atom. The summed E-state index contributed by atoms with van der Waals surface area (Å²) in [6, 6.07) is 0.0748. The largest absolute Gasteiger partial charge is 0.352 e. The van der Waals surface area contributed by atoms with E-state index in [1.165, 1.54) is 0 Å². The smallest absolute Gasteiger partial charge is 0.234 e. The molecule has 0 saturated carbocycles. The van der Waals surface area contributed by atoms with Gasteiger partial charge in [-0.05, 0) is 22.9 Å². The summed E-state index contributed by atoms with van der Waals surface area (Å²) >= 11 is 4.91. The molecule has 16 heavy (non-hydrogen) atoms.